The van der Waals surface area contributed by atoms with E-state index in [0.717, 1.165) is 11.1 Å². The summed E-state index contributed by atoms with van der Waals surface area (Å²) in [6, 6.07) is 11.2. The molecule has 0 spiro atoms. The van der Waals surface area contributed by atoms with Crippen LogP contribution in [0.5, 0.6) is 17.2 Å². The second-order valence-corrected chi connectivity index (χ2v) is 6.09. The molecule has 1 N–H and O–H groups in total. The lowest BCUT2D eigenvalue weighted by Crippen LogP contribution is -2.10. The number of ether oxygens (including phenoxy) is 2. The monoisotopic (exact) mass is 366 g/mol. The highest BCUT2D eigenvalue weighted by molar-refractivity contribution is 5.94. The first-order valence-electron chi connectivity index (χ1n) is 8.45. The summed E-state index contributed by atoms with van der Waals surface area (Å²) in [6.45, 7) is 6.93. The maximum Gasteiger partial charge on any atom is 0.339 e. The third-order valence-corrected chi connectivity index (χ3v) is 3.95. The number of allylic oxidation sites excluding steroid dienone is 1. The summed E-state index contributed by atoms with van der Waals surface area (Å²) in [7, 11) is 0. The predicted octanol–water partition coefficient (Wildman–Crippen LogP) is 4.58. The van der Waals surface area contributed by atoms with Crippen LogP contribution in [0.3, 0.4) is 0 Å². The zero-order chi connectivity index (χ0) is 20.0. The van der Waals surface area contributed by atoms with Crippen LogP contribution in [0, 0.1) is 6.92 Å². The van der Waals surface area contributed by atoms with Crippen molar-refractivity contribution in [3.05, 3.63) is 70.8 Å². The van der Waals surface area contributed by atoms with E-state index in [1.54, 1.807) is 75.4 Å². The van der Waals surface area contributed by atoms with Crippen molar-refractivity contribution in [3.63, 3.8) is 0 Å². The van der Waals surface area contributed by atoms with Crippen molar-refractivity contribution in [2.24, 2.45) is 0 Å². The van der Waals surface area contributed by atoms with E-state index < -0.39 is 11.9 Å². The van der Waals surface area contributed by atoms with Gasteiger partial charge in [0.15, 0.2) is 0 Å². The van der Waals surface area contributed by atoms with Gasteiger partial charge in [-0.2, -0.15) is 0 Å². The zero-order valence-electron chi connectivity index (χ0n) is 15.8. The molecule has 0 aliphatic heterocycles. The minimum Gasteiger partial charge on any atom is -0.508 e. The lowest BCUT2D eigenvalue weighted by molar-refractivity contribution is -0.131. The molecule has 0 saturated carbocycles. The van der Waals surface area contributed by atoms with Crippen LogP contribution in [0.25, 0.3) is 6.08 Å². The highest BCUT2D eigenvalue weighted by Gasteiger charge is 2.10. The number of phenolic OH excluding ortho intramolecular Hbond substituents is 1. The fraction of sp³-hybridized carbons (Fsp3) is 0.182. The number of aromatic hydroxyl groups is 1. The fourth-order valence-corrected chi connectivity index (χ4v) is 2.18. The van der Waals surface area contributed by atoms with Crippen molar-refractivity contribution in [1.29, 1.82) is 0 Å². The predicted molar refractivity (Wildman–Crippen MR) is 104 cm³/mol. The molecule has 140 valence electrons. The summed E-state index contributed by atoms with van der Waals surface area (Å²) in [5.74, 6) is -0.0247. The normalized spacial score (nSPS) is 11.9. The molecule has 2 rings (SSSR count). The van der Waals surface area contributed by atoms with E-state index in [4.69, 9.17) is 9.47 Å². The molecule has 27 heavy (non-hydrogen) atoms. The molecule has 0 fully saturated rings. The van der Waals surface area contributed by atoms with Gasteiger partial charge in [0.25, 0.3) is 0 Å². The second-order valence-electron chi connectivity index (χ2n) is 6.09. The number of hydrogen-bond donors (Lipinski definition) is 1. The molecule has 0 radical (unpaired) electrons. The molecule has 0 aliphatic carbocycles. The molecule has 5 heteroatoms. The number of phenols is 1. The van der Waals surface area contributed by atoms with Crippen molar-refractivity contribution in [2.45, 2.75) is 27.7 Å². The molecular formula is C22H22O5. The highest BCUT2D eigenvalue weighted by atomic mass is 16.5. The Morgan fingerprint density at radius 1 is 0.889 bits per heavy atom. The smallest absolute Gasteiger partial charge is 0.339 e. The SMILES string of the molecule is C/C=C(\C)C(=O)Oc1ccc(OC(=O)/C(C)=C/c2ccc(O)cc2C)cc1. The quantitative estimate of drug-likeness (QED) is 0.476. The van der Waals surface area contributed by atoms with Crippen LogP contribution >= 0.6 is 0 Å². The van der Waals surface area contributed by atoms with E-state index in [9.17, 15) is 14.7 Å². The summed E-state index contributed by atoms with van der Waals surface area (Å²) >= 11 is 0. The standard InChI is InChI=1S/C22H22O5/c1-5-14(2)21(24)26-19-8-10-20(11-9-19)27-22(25)16(4)12-17-6-7-18(23)13-15(17)3/h5-13,23H,1-4H3/b14-5+,16-12+. The van der Waals surface area contributed by atoms with Crippen LogP contribution in [-0.4, -0.2) is 17.0 Å². The summed E-state index contributed by atoms with van der Waals surface area (Å²) in [5, 5.41) is 9.45. The molecule has 0 heterocycles. The Bertz CT molecular complexity index is 905. The minimum atomic E-state index is -0.489. The van der Waals surface area contributed by atoms with E-state index >= 15 is 0 Å². The van der Waals surface area contributed by atoms with Crippen LogP contribution in [0.15, 0.2) is 59.7 Å². The van der Waals surface area contributed by atoms with Crippen LogP contribution in [0.2, 0.25) is 0 Å². The number of carbonyl (C=O) groups is 2. The van der Waals surface area contributed by atoms with E-state index in [0.29, 0.717) is 22.6 Å². The number of aryl methyl sites for hydroxylation is 1. The minimum absolute atomic E-state index is 0.176. The zero-order valence-corrected chi connectivity index (χ0v) is 15.8. The van der Waals surface area contributed by atoms with Gasteiger partial charge in [0.2, 0.25) is 0 Å². The lowest BCUT2D eigenvalue weighted by Gasteiger charge is -2.08. The van der Waals surface area contributed by atoms with Crippen LogP contribution in [0.4, 0.5) is 0 Å². The summed E-state index contributed by atoms with van der Waals surface area (Å²) in [6.07, 6.45) is 3.37. The van der Waals surface area contributed by atoms with Gasteiger partial charge in [0.1, 0.15) is 17.2 Å². The Morgan fingerprint density at radius 3 is 1.89 bits per heavy atom. The van der Waals surface area contributed by atoms with Gasteiger partial charge in [-0.05, 0) is 81.3 Å². The molecule has 0 saturated heterocycles. The number of rotatable bonds is 5. The summed E-state index contributed by atoms with van der Waals surface area (Å²) in [4.78, 5) is 24.0. The van der Waals surface area contributed by atoms with Gasteiger partial charge in [-0.15, -0.1) is 0 Å². The Labute approximate surface area is 158 Å². The average molecular weight is 366 g/mol. The number of hydrogen-bond acceptors (Lipinski definition) is 5. The molecule has 0 amide bonds. The van der Waals surface area contributed by atoms with Crippen molar-refractivity contribution >= 4 is 18.0 Å². The Balaban J connectivity index is 2.04. The van der Waals surface area contributed by atoms with Crippen molar-refractivity contribution in [1.82, 2.24) is 0 Å². The third-order valence-electron chi connectivity index (χ3n) is 3.95. The van der Waals surface area contributed by atoms with Gasteiger partial charge in [-0.1, -0.05) is 12.1 Å². The number of benzene rings is 2. The van der Waals surface area contributed by atoms with Gasteiger partial charge in [0.05, 0.1) is 0 Å². The average Bonchev–Trinajstić information content (AvgIpc) is 2.64. The van der Waals surface area contributed by atoms with Crippen molar-refractivity contribution in [3.8, 4) is 17.2 Å². The maximum absolute atomic E-state index is 12.3. The first-order valence-corrected chi connectivity index (χ1v) is 8.45. The topological polar surface area (TPSA) is 72.8 Å². The first-order chi connectivity index (χ1) is 12.8. The van der Waals surface area contributed by atoms with Gasteiger partial charge in [-0.25, -0.2) is 9.59 Å². The third kappa shape index (κ3) is 5.57. The molecule has 0 atom stereocenters. The van der Waals surface area contributed by atoms with Crippen LogP contribution < -0.4 is 9.47 Å². The maximum atomic E-state index is 12.3. The number of carbonyl (C=O) groups excluding carboxylic acids is 2. The fourth-order valence-electron chi connectivity index (χ4n) is 2.18. The van der Waals surface area contributed by atoms with E-state index in [1.807, 2.05) is 6.92 Å². The molecule has 0 aromatic heterocycles. The summed E-state index contributed by atoms with van der Waals surface area (Å²) in [5.41, 5.74) is 2.60. The lowest BCUT2D eigenvalue weighted by atomic mass is 10.1. The first kappa shape index (κ1) is 20.0. The summed E-state index contributed by atoms with van der Waals surface area (Å²) < 4.78 is 10.5. The van der Waals surface area contributed by atoms with Gasteiger partial charge in [-0.3, -0.25) is 0 Å². The van der Waals surface area contributed by atoms with Crippen LogP contribution in [0.1, 0.15) is 31.9 Å². The molecule has 0 unspecified atom stereocenters. The van der Waals surface area contributed by atoms with Crippen molar-refractivity contribution in [2.75, 3.05) is 0 Å². The molecule has 0 bridgehead atoms. The van der Waals surface area contributed by atoms with Crippen molar-refractivity contribution < 1.29 is 24.2 Å². The van der Waals surface area contributed by atoms with Gasteiger partial charge in [0, 0.05) is 11.1 Å². The Morgan fingerprint density at radius 2 is 1.41 bits per heavy atom. The molecule has 0 aliphatic rings. The molecule has 2 aromatic carbocycles. The number of esters is 2. The Hall–Kier alpha value is -3.34. The highest BCUT2D eigenvalue weighted by Crippen LogP contribution is 2.21. The molecule has 5 nitrogen and oxygen atoms in total. The largest absolute Gasteiger partial charge is 0.508 e. The Kier molecular flexibility index (Phi) is 6.55. The van der Waals surface area contributed by atoms with E-state index in [1.165, 1.54) is 0 Å². The molecule has 2 aromatic rings. The molecular weight excluding hydrogens is 344 g/mol. The second kappa shape index (κ2) is 8.85. The van der Waals surface area contributed by atoms with Crippen LogP contribution in [-0.2, 0) is 9.59 Å². The van der Waals surface area contributed by atoms with Gasteiger partial charge < -0.3 is 14.6 Å². The van der Waals surface area contributed by atoms with E-state index in [-0.39, 0.29) is 5.75 Å². The van der Waals surface area contributed by atoms with E-state index in [2.05, 4.69) is 0 Å². The van der Waals surface area contributed by atoms with Gasteiger partial charge >= 0.3 is 11.9 Å².